The Morgan fingerprint density at radius 1 is 1.12 bits per heavy atom. The van der Waals surface area contributed by atoms with Gasteiger partial charge in [0.05, 0.1) is 25.3 Å². The fourth-order valence-corrected chi connectivity index (χ4v) is 3.88. The molecule has 1 aliphatic heterocycles. The van der Waals surface area contributed by atoms with Crippen molar-refractivity contribution in [2.75, 3.05) is 46.4 Å². The van der Waals surface area contributed by atoms with Gasteiger partial charge in [-0.3, -0.25) is 19.7 Å². The highest BCUT2D eigenvalue weighted by molar-refractivity contribution is 5.93. The van der Waals surface area contributed by atoms with Gasteiger partial charge in [-0.05, 0) is 51.1 Å². The highest BCUT2D eigenvalue weighted by Gasteiger charge is 2.25. The van der Waals surface area contributed by atoms with Crippen LogP contribution in [0.5, 0.6) is 5.75 Å². The molecule has 3 rings (SSSR count). The number of aliphatic imine (C=N–C) groups is 1. The molecule has 8 nitrogen and oxygen atoms in total. The number of nitrogens with one attached hydrogen (secondary N) is 3. The highest BCUT2D eigenvalue weighted by Crippen LogP contribution is 2.31. The molecule has 2 aromatic rings. The number of pyridine rings is 1. The lowest BCUT2D eigenvalue weighted by Gasteiger charge is -2.28. The first-order valence-corrected chi connectivity index (χ1v) is 11.3. The minimum atomic E-state index is -0.132. The number of nitrogens with zero attached hydrogens (tertiary/aromatic N) is 3. The van der Waals surface area contributed by atoms with Gasteiger partial charge in [0, 0.05) is 37.6 Å². The Hall–Kier alpha value is -3.13. The molecule has 0 spiro atoms. The van der Waals surface area contributed by atoms with Crippen LogP contribution in [0.15, 0.2) is 53.8 Å². The van der Waals surface area contributed by atoms with E-state index in [9.17, 15) is 4.79 Å². The van der Waals surface area contributed by atoms with E-state index in [0.29, 0.717) is 25.2 Å². The molecule has 1 amide bonds. The molecule has 2 heterocycles. The predicted molar refractivity (Wildman–Crippen MR) is 127 cm³/mol. The maximum absolute atomic E-state index is 12.2. The molecule has 0 radical (unpaired) electrons. The zero-order chi connectivity index (χ0) is 22.6. The Labute approximate surface area is 190 Å². The van der Waals surface area contributed by atoms with Crippen molar-refractivity contribution < 1.29 is 9.53 Å². The van der Waals surface area contributed by atoms with Crippen LogP contribution in [0.25, 0.3) is 0 Å². The third-order valence-electron chi connectivity index (χ3n) is 5.47. The number of para-hydroxylation sites is 1. The van der Waals surface area contributed by atoms with E-state index in [1.54, 1.807) is 31.6 Å². The largest absolute Gasteiger partial charge is 0.496 e. The van der Waals surface area contributed by atoms with Crippen molar-refractivity contribution in [3.05, 3.63) is 59.9 Å². The number of benzene rings is 1. The number of carbonyl (C=O) groups excluding carboxylic acids is 1. The van der Waals surface area contributed by atoms with E-state index >= 15 is 0 Å². The molecule has 0 aliphatic carbocycles. The first kappa shape index (κ1) is 23.5. The van der Waals surface area contributed by atoms with Gasteiger partial charge < -0.3 is 20.7 Å². The van der Waals surface area contributed by atoms with Crippen LogP contribution in [0, 0.1) is 0 Å². The maximum Gasteiger partial charge on any atom is 0.252 e. The molecular formula is C24H34N6O2. The number of hydrogen-bond donors (Lipinski definition) is 3. The molecule has 1 aromatic carbocycles. The summed E-state index contributed by atoms with van der Waals surface area (Å²) in [5, 5.41) is 9.51. The Morgan fingerprint density at radius 2 is 1.91 bits per heavy atom. The average Bonchev–Trinajstić information content (AvgIpc) is 3.37. The predicted octanol–water partition coefficient (Wildman–Crippen LogP) is 2.21. The molecule has 1 aromatic heterocycles. The summed E-state index contributed by atoms with van der Waals surface area (Å²) in [7, 11) is 1.72. The van der Waals surface area contributed by atoms with Crippen LogP contribution in [0.1, 0.15) is 41.7 Å². The molecule has 172 valence electrons. The lowest BCUT2D eigenvalue weighted by molar-refractivity contribution is 0.0954. The third kappa shape index (κ3) is 6.68. The number of guanidine groups is 1. The van der Waals surface area contributed by atoms with Crippen molar-refractivity contribution in [2.24, 2.45) is 4.99 Å². The lowest BCUT2D eigenvalue weighted by Crippen LogP contribution is -2.42. The summed E-state index contributed by atoms with van der Waals surface area (Å²) in [5.74, 6) is 1.50. The molecule has 1 aliphatic rings. The first-order chi connectivity index (χ1) is 15.7. The molecule has 0 saturated carbocycles. The van der Waals surface area contributed by atoms with Crippen LogP contribution in [0.3, 0.4) is 0 Å². The number of hydrogen-bond acceptors (Lipinski definition) is 5. The topological polar surface area (TPSA) is 90.9 Å². The number of amides is 1. The second-order valence-corrected chi connectivity index (χ2v) is 7.64. The Balaban J connectivity index is 1.60. The summed E-state index contributed by atoms with van der Waals surface area (Å²) in [6.45, 7) is 6.63. The van der Waals surface area contributed by atoms with E-state index in [2.05, 4.69) is 38.0 Å². The molecule has 32 heavy (non-hydrogen) atoms. The molecule has 0 bridgehead atoms. The van der Waals surface area contributed by atoms with Crippen LogP contribution in [0.2, 0.25) is 0 Å². The SMILES string of the molecule is CCNC(=NCC(c1ccccc1OC)N1CCCC1)NCCNC(=O)c1cccnc1. The smallest absolute Gasteiger partial charge is 0.252 e. The maximum atomic E-state index is 12.2. The zero-order valence-corrected chi connectivity index (χ0v) is 19.0. The lowest BCUT2D eigenvalue weighted by atomic mass is 10.0. The van der Waals surface area contributed by atoms with Gasteiger partial charge in [-0.2, -0.15) is 0 Å². The second-order valence-electron chi connectivity index (χ2n) is 7.64. The van der Waals surface area contributed by atoms with E-state index in [0.717, 1.165) is 31.3 Å². The molecule has 3 N–H and O–H groups in total. The third-order valence-corrected chi connectivity index (χ3v) is 5.47. The molecule has 1 fully saturated rings. The number of likely N-dealkylation sites (tertiary alicyclic amines) is 1. The molecule has 1 atom stereocenters. The van der Waals surface area contributed by atoms with Crippen molar-refractivity contribution in [2.45, 2.75) is 25.8 Å². The van der Waals surface area contributed by atoms with Gasteiger partial charge in [0.25, 0.3) is 5.91 Å². The van der Waals surface area contributed by atoms with E-state index in [1.807, 2.05) is 19.1 Å². The van der Waals surface area contributed by atoms with E-state index in [-0.39, 0.29) is 11.9 Å². The van der Waals surface area contributed by atoms with Crippen LogP contribution in [0.4, 0.5) is 0 Å². The summed E-state index contributed by atoms with van der Waals surface area (Å²) < 4.78 is 5.63. The number of ether oxygens (including phenoxy) is 1. The standard InChI is InChI=1S/C24H34N6O2/c1-3-26-24(28-14-13-27-23(31)19-9-8-12-25-17-19)29-18-21(30-15-6-7-16-30)20-10-4-5-11-22(20)32-2/h4-5,8-12,17,21H,3,6-7,13-16,18H2,1-2H3,(H,27,31)(H2,26,28,29). The van der Waals surface area contributed by atoms with E-state index in [4.69, 9.17) is 9.73 Å². The first-order valence-electron chi connectivity index (χ1n) is 11.3. The minimum Gasteiger partial charge on any atom is -0.496 e. The van der Waals surface area contributed by atoms with Crippen LogP contribution >= 0.6 is 0 Å². The van der Waals surface area contributed by atoms with Crippen molar-refractivity contribution in [1.82, 2.24) is 25.8 Å². The second kappa shape index (κ2) is 12.7. The molecule has 1 saturated heterocycles. The van der Waals surface area contributed by atoms with E-state index < -0.39 is 0 Å². The molecule has 1 unspecified atom stereocenters. The van der Waals surface area contributed by atoms with Crippen molar-refractivity contribution >= 4 is 11.9 Å². The average molecular weight is 439 g/mol. The monoisotopic (exact) mass is 438 g/mol. The number of aromatic nitrogens is 1. The zero-order valence-electron chi connectivity index (χ0n) is 19.0. The van der Waals surface area contributed by atoms with Crippen molar-refractivity contribution in [3.8, 4) is 5.75 Å². The number of rotatable bonds is 10. The fourth-order valence-electron chi connectivity index (χ4n) is 3.88. The Kier molecular flexibility index (Phi) is 9.31. The van der Waals surface area contributed by atoms with Gasteiger partial charge in [0.15, 0.2) is 5.96 Å². The Morgan fingerprint density at radius 3 is 2.62 bits per heavy atom. The normalized spacial score (nSPS) is 15.2. The van der Waals surface area contributed by atoms with E-state index in [1.165, 1.54) is 18.4 Å². The fraction of sp³-hybridized carbons (Fsp3) is 0.458. The van der Waals surface area contributed by atoms with Crippen molar-refractivity contribution in [1.29, 1.82) is 0 Å². The summed E-state index contributed by atoms with van der Waals surface area (Å²) in [4.78, 5) is 23.5. The number of methoxy groups -OCH3 is 1. The Bertz CT molecular complexity index is 868. The van der Waals surface area contributed by atoms with Crippen molar-refractivity contribution in [3.63, 3.8) is 0 Å². The van der Waals surface area contributed by atoms with Gasteiger partial charge in [-0.25, -0.2) is 0 Å². The summed E-state index contributed by atoms with van der Waals surface area (Å²) in [5.41, 5.74) is 1.72. The summed E-state index contributed by atoms with van der Waals surface area (Å²) in [6, 6.07) is 11.9. The van der Waals surface area contributed by atoms with Gasteiger partial charge in [0.1, 0.15) is 5.75 Å². The summed E-state index contributed by atoms with van der Waals surface area (Å²) in [6.07, 6.45) is 5.64. The van der Waals surface area contributed by atoms with Gasteiger partial charge >= 0.3 is 0 Å². The quantitative estimate of drug-likeness (QED) is 0.299. The minimum absolute atomic E-state index is 0.132. The number of carbonyl (C=O) groups is 1. The molecule has 8 heteroatoms. The molecular weight excluding hydrogens is 404 g/mol. The summed E-state index contributed by atoms with van der Waals surface area (Å²) >= 11 is 0. The van der Waals surface area contributed by atoms with Gasteiger partial charge in [-0.15, -0.1) is 0 Å². The van der Waals surface area contributed by atoms with Crippen LogP contribution in [-0.2, 0) is 0 Å². The highest BCUT2D eigenvalue weighted by atomic mass is 16.5. The van der Waals surface area contributed by atoms with Gasteiger partial charge in [-0.1, -0.05) is 18.2 Å². The van der Waals surface area contributed by atoms with Crippen LogP contribution < -0.4 is 20.7 Å². The van der Waals surface area contributed by atoms with Gasteiger partial charge in [0.2, 0.25) is 0 Å². The van der Waals surface area contributed by atoms with Crippen LogP contribution in [-0.4, -0.2) is 68.1 Å².